The maximum atomic E-state index is 12.9. The molecule has 26 heavy (non-hydrogen) atoms. The number of amides is 1. The number of halogens is 1. The number of carbonyl (C=O) groups is 1. The van der Waals surface area contributed by atoms with E-state index in [9.17, 15) is 9.18 Å². The van der Waals surface area contributed by atoms with Gasteiger partial charge in [-0.05, 0) is 49.8 Å². The van der Waals surface area contributed by atoms with Crippen LogP contribution < -0.4 is 5.32 Å². The van der Waals surface area contributed by atoms with Crippen molar-refractivity contribution in [3.8, 4) is 5.69 Å². The van der Waals surface area contributed by atoms with E-state index in [1.807, 2.05) is 48.9 Å². The monoisotopic (exact) mass is 349 g/mol. The fourth-order valence-corrected chi connectivity index (χ4v) is 2.73. The van der Waals surface area contributed by atoms with Crippen molar-refractivity contribution in [2.24, 2.45) is 0 Å². The third-order valence-electron chi connectivity index (χ3n) is 4.13. The highest BCUT2D eigenvalue weighted by molar-refractivity contribution is 5.92. The largest absolute Gasteiger partial charge is 0.348 e. The Labute approximate surface area is 152 Å². The molecular formula is C21H20FN3O. The quantitative estimate of drug-likeness (QED) is 0.709. The Balaban J connectivity index is 1.69. The third kappa shape index (κ3) is 4.06. The lowest BCUT2D eigenvalue weighted by Gasteiger charge is -2.04. The Bertz CT molecular complexity index is 928. The summed E-state index contributed by atoms with van der Waals surface area (Å²) in [4.78, 5) is 12.1. The first kappa shape index (κ1) is 17.6. The van der Waals surface area contributed by atoms with E-state index >= 15 is 0 Å². The molecule has 0 aliphatic carbocycles. The molecule has 4 nitrogen and oxygen atoms in total. The topological polar surface area (TPSA) is 46.9 Å². The van der Waals surface area contributed by atoms with Crippen LogP contribution >= 0.6 is 0 Å². The second-order valence-electron chi connectivity index (χ2n) is 6.01. The van der Waals surface area contributed by atoms with E-state index in [-0.39, 0.29) is 11.7 Å². The first-order valence-corrected chi connectivity index (χ1v) is 8.36. The average molecular weight is 349 g/mol. The Morgan fingerprint density at radius 1 is 1.12 bits per heavy atom. The van der Waals surface area contributed by atoms with Crippen molar-refractivity contribution < 1.29 is 9.18 Å². The van der Waals surface area contributed by atoms with Crippen LogP contribution in [0, 0.1) is 19.7 Å². The molecular weight excluding hydrogens is 329 g/mol. The van der Waals surface area contributed by atoms with E-state index in [0.717, 1.165) is 28.2 Å². The van der Waals surface area contributed by atoms with Crippen LogP contribution in [0.1, 0.15) is 22.5 Å². The second kappa shape index (κ2) is 7.78. The van der Waals surface area contributed by atoms with E-state index in [1.165, 1.54) is 18.2 Å². The zero-order valence-corrected chi connectivity index (χ0v) is 14.7. The number of nitrogens with zero attached hydrogens (tertiary/aromatic N) is 2. The van der Waals surface area contributed by atoms with Gasteiger partial charge in [0.05, 0.1) is 11.4 Å². The van der Waals surface area contributed by atoms with Gasteiger partial charge in [0, 0.05) is 23.9 Å². The zero-order valence-electron chi connectivity index (χ0n) is 14.7. The highest BCUT2D eigenvalue weighted by Gasteiger charge is 2.10. The number of aryl methyl sites for hydroxylation is 1. The standard InChI is InChI=1S/C21H20FN3O/c1-15-20(16(2)25(24-15)19-6-4-3-5-7-19)12-13-21(26)23-14-17-8-10-18(22)11-9-17/h3-13H,14H2,1-2H3,(H,23,26)/b13-12+. The lowest BCUT2D eigenvalue weighted by molar-refractivity contribution is -0.116. The zero-order chi connectivity index (χ0) is 18.5. The van der Waals surface area contributed by atoms with E-state index in [0.29, 0.717) is 6.54 Å². The van der Waals surface area contributed by atoms with Gasteiger partial charge in [0.25, 0.3) is 0 Å². The first-order chi connectivity index (χ1) is 12.5. The molecule has 0 saturated heterocycles. The highest BCUT2D eigenvalue weighted by atomic mass is 19.1. The number of aromatic nitrogens is 2. The van der Waals surface area contributed by atoms with Crippen LogP contribution in [0.15, 0.2) is 60.7 Å². The normalized spacial score (nSPS) is 11.0. The summed E-state index contributed by atoms with van der Waals surface area (Å²) in [5.74, 6) is -0.498. The minimum absolute atomic E-state index is 0.208. The van der Waals surface area contributed by atoms with Crippen molar-refractivity contribution in [1.29, 1.82) is 0 Å². The summed E-state index contributed by atoms with van der Waals surface area (Å²) in [7, 11) is 0. The predicted molar refractivity (Wildman–Crippen MR) is 100 cm³/mol. The molecule has 132 valence electrons. The lowest BCUT2D eigenvalue weighted by Crippen LogP contribution is -2.20. The summed E-state index contributed by atoms with van der Waals surface area (Å²) in [5.41, 5.74) is 4.57. The average Bonchev–Trinajstić information content (AvgIpc) is 2.94. The summed E-state index contributed by atoms with van der Waals surface area (Å²) >= 11 is 0. The van der Waals surface area contributed by atoms with Gasteiger partial charge < -0.3 is 5.32 Å². The summed E-state index contributed by atoms with van der Waals surface area (Å²) in [5, 5.41) is 7.35. The molecule has 0 radical (unpaired) electrons. The summed E-state index contributed by atoms with van der Waals surface area (Å²) in [6.45, 7) is 4.25. The van der Waals surface area contributed by atoms with Crippen LogP contribution in [-0.2, 0) is 11.3 Å². The maximum absolute atomic E-state index is 12.9. The van der Waals surface area contributed by atoms with Crippen molar-refractivity contribution in [3.63, 3.8) is 0 Å². The van der Waals surface area contributed by atoms with Crippen molar-refractivity contribution in [1.82, 2.24) is 15.1 Å². The molecule has 3 aromatic rings. The van der Waals surface area contributed by atoms with Gasteiger partial charge in [0.15, 0.2) is 0 Å². The van der Waals surface area contributed by atoms with Crippen LogP contribution in [0.3, 0.4) is 0 Å². The first-order valence-electron chi connectivity index (χ1n) is 8.36. The van der Waals surface area contributed by atoms with Gasteiger partial charge in [-0.1, -0.05) is 30.3 Å². The van der Waals surface area contributed by atoms with Gasteiger partial charge in [-0.25, -0.2) is 9.07 Å². The molecule has 0 unspecified atom stereocenters. The minimum Gasteiger partial charge on any atom is -0.348 e. The van der Waals surface area contributed by atoms with Crippen molar-refractivity contribution in [3.05, 3.63) is 89.0 Å². The van der Waals surface area contributed by atoms with Gasteiger partial charge >= 0.3 is 0 Å². The summed E-state index contributed by atoms with van der Waals surface area (Å²) in [6.07, 6.45) is 3.27. The number of carbonyl (C=O) groups excluding carboxylic acids is 1. The summed E-state index contributed by atoms with van der Waals surface area (Å²) < 4.78 is 14.8. The fourth-order valence-electron chi connectivity index (χ4n) is 2.73. The predicted octanol–water partition coefficient (Wildman–Crippen LogP) is 3.96. The summed E-state index contributed by atoms with van der Waals surface area (Å²) in [6, 6.07) is 15.9. The molecule has 0 spiro atoms. The van der Waals surface area contributed by atoms with Crippen LogP contribution in [0.4, 0.5) is 4.39 Å². The molecule has 1 heterocycles. The Kier molecular flexibility index (Phi) is 5.27. The number of para-hydroxylation sites is 1. The third-order valence-corrected chi connectivity index (χ3v) is 4.13. The van der Waals surface area contributed by atoms with Crippen LogP contribution in [0.25, 0.3) is 11.8 Å². The molecule has 3 rings (SSSR count). The van der Waals surface area contributed by atoms with Crippen molar-refractivity contribution in [2.75, 3.05) is 0 Å². The molecule has 0 atom stereocenters. The molecule has 2 aromatic carbocycles. The molecule has 1 aromatic heterocycles. The highest BCUT2D eigenvalue weighted by Crippen LogP contribution is 2.19. The number of nitrogens with one attached hydrogen (secondary N) is 1. The fraction of sp³-hybridized carbons (Fsp3) is 0.143. The number of hydrogen-bond donors (Lipinski definition) is 1. The Morgan fingerprint density at radius 3 is 2.50 bits per heavy atom. The second-order valence-corrected chi connectivity index (χ2v) is 6.01. The molecule has 0 fully saturated rings. The number of rotatable bonds is 5. The van der Waals surface area contributed by atoms with Crippen LogP contribution in [0.5, 0.6) is 0 Å². The van der Waals surface area contributed by atoms with Crippen LogP contribution in [-0.4, -0.2) is 15.7 Å². The van der Waals surface area contributed by atoms with Gasteiger partial charge in [0.2, 0.25) is 5.91 Å². The molecule has 0 aliphatic rings. The smallest absolute Gasteiger partial charge is 0.244 e. The van der Waals surface area contributed by atoms with E-state index in [1.54, 1.807) is 18.2 Å². The number of benzene rings is 2. The Morgan fingerprint density at radius 2 is 1.81 bits per heavy atom. The Hall–Kier alpha value is -3.21. The van der Waals surface area contributed by atoms with Gasteiger partial charge in [-0.3, -0.25) is 4.79 Å². The molecule has 0 aliphatic heterocycles. The molecule has 5 heteroatoms. The van der Waals surface area contributed by atoms with Crippen molar-refractivity contribution >= 4 is 12.0 Å². The van der Waals surface area contributed by atoms with E-state index in [4.69, 9.17) is 0 Å². The van der Waals surface area contributed by atoms with Gasteiger partial charge in [-0.15, -0.1) is 0 Å². The molecule has 0 bridgehead atoms. The number of hydrogen-bond acceptors (Lipinski definition) is 2. The minimum atomic E-state index is -0.290. The van der Waals surface area contributed by atoms with Gasteiger partial charge in [0.1, 0.15) is 5.82 Å². The van der Waals surface area contributed by atoms with E-state index < -0.39 is 0 Å². The molecule has 1 amide bonds. The molecule has 1 N–H and O–H groups in total. The van der Waals surface area contributed by atoms with Crippen LogP contribution in [0.2, 0.25) is 0 Å². The maximum Gasteiger partial charge on any atom is 0.244 e. The SMILES string of the molecule is Cc1nn(-c2ccccc2)c(C)c1/C=C/C(=O)NCc1ccc(F)cc1. The lowest BCUT2D eigenvalue weighted by atomic mass is 10.1. The molecule has 0 saturated carbocycles. The van der Waals surface area contributed by atoms with E-state index in [2.05, 4.69) is 10.4 Å². The van der Waals surface area contributed by atoms with Gasteiger partial charge in [-0.2, -0.15) is 5.10 Å². The van der Waals surface area contributed by atoms with Crippen molar-refractivity contribution in [2.45, 2.75) is 20.4 Å².